The third kappa shape index (κ3) is 2.13. The number of imidazole rings is 1. The molecule has 90 valence electrons. The van der Waals surface area contributed by atoms with Crippen LogP contribution in [0.15, 0.2) is 18.7 Å². The molecule has 0 bridgehead atoms. The van der Waals surface area contributed by atoms with E-state index in [4.69, 9.17) is 0 Å². The number of nitrogens with one attached hydrogen (secondary N) is 1. The fraction of sp³-hybridized carbons (Fsp3) is 0.417. The molecule has 0 amide bonds. The molecule has 0 atom stereocenters. The highest BCUT2D eigenvalue weighted by Gasteiger charge is 2.11. The second-order valence-electron chi connectivity index (χ2n) is 3.75. The number of anilines is 1. The number of hydrogen-bond acceptors (Lipinski definition) is 4. The minimum absolute atomic E-state index is 0.854. The Hall–Kier alpha value is -1.91. The molecule has 17 heavy (non-hydrogen) atoms. The third-order valence-electron chi connectivity index (χ3n) is 2.67. The number of aryl methyl sites for hydroxylation is 1. The van der Waals surface area contributed by atoms with Crippen molar-refractivity contribution in [3.8, 4) is 5.82 Å². The van der Waals surface area contributed by atoms with Crippen LogP contribution in [0.2, 0.25) is 0 Å². The minimum Gasteiger partial charge on any atom is -0.370 e. The molecule has 5 nitrogen and oxygen atoms in total. The molecule has 2 aromatic heterocycles. The normalized spacial score (nSPS) is 10.5. The van der Waals surface area contributed by atoms with E-state index in [1.807, 2.05) is 17.7 Å². The van der Waals surface area contributed by atoms with E-state index in [1.165, 1.54) is 0 Å². The fourth-order valence-electron chi connectivity index (χ4n) is 1.86. The van der Waals surface area contributed by atoms with Crippen molar-refractivity contribution in [3.05, 3.63) is 30.1 Å². The van der Waals surface area contributed by atoms with Crippen molar-refractivity contribution >= 4 is 5.82 Å². The molecule has 0 saturated heterocycles. The van der Waals surface area contributed by atoms with Gasteiger partial charge in [0.1, 0.15) is 23.8 Å². The van der Waals surface area contributed by atoms with Gasteiger partial charge in [-0.15, -0.1) is 0 Å². The molecular weight excluding hydrogens is 214 g/mol. The zero-order chi connectivity index (χ0) is 12.3. The summed E-state index contributed by atoms with van der Waals surface area (Å²) in [7, 11) is 0. The first-order chi connectivity index (χ1) is 8.27. The van der Waals surface area contributed by atoms with Crippen molar-refractivity contribution in [2.75, 3.05) is 11.9 Å². The zero-order valence-corrected chi connectivity index (χ0v) is 10.4. The summed E-state index contributed by atoms with van der Waals surface area (Å²) < 4.78 is 1.99. The van der Waals surface area contributed by atoms with Crippen molar-refractivity contribution in [3.63, 3.8) is 0 Å². The molecule has 0 fully saturated rings. The predicted molar refractivity (Wildman–Crippen MR) is 67.4 cm³/mol. The molecule has 0 unspecified atom stereocenters. The van der Waals surface area contributed by atoms with Crippen LogP contribution in [0.5, 0.6) is 0 Å². The van der Waals surface area contributed by atoms with E-state index in [2.05, 4.69) is 34.1 Å². The molecule has 0 aliphatic heterocycles. The molecule has 0 radical (unpaired) electrons. The molecule has 0 saturated carbocycles. The van der Waals surface area contributed by atoms with E-state index in [-0.39, 0.29) is 0 Å². The number of rotatable bonds is 4. The molecular formula is C12H17N5. The summed E-state index contributed by atoms with van der Waals surface area (Å²) in [6, 6.07) is 0. The first-order valence-corrected chi connectivity index (χ1v) is 5.86. The quantitative estimate of drug-likeness (QED) is 0.874. The van der Waals surface area contributed by atoms with Crippen LogP contribution in [-0.4, -0.2) is 26.1 Å². The van der Waals surface area contributed by atoms with Gasteiger partial charge in [-0.05, 0) is 20.3 Å². The van der Waals surface area contributed by atoms with E-state index in [1.54, 1.807) is 12.5 Å². The van der Waals surface area contributed by atoms with Gasteiger partial charge in [0.25, 0.3) is 0 Å². The van der Waals surface area contributed by atoms with Crippen LogP contribution in [0.4, 0.5) is 5.82 Å². The Balaban J connectivity index is 2.54. The highest BCUT2D eigenvalue weighted by Crippen LogP contribution is 2.20. The minimum atomic E-state index is 0.854. The highest BCUT2D eigenvalue weighted by atomic mass is 15.1. The van der Waals surface area contributed by atoms with Crippen molar-refractivity contribution in [2.24, 2.45) is 0 Å². The second-order valence-corrected chi connectivity index (χ2v) is 3.75. The van der Waals surface area contributed by atoms with E-state index in [0.717, 1.165) is 36.0 Å². The molecule has 0 aliphatic carbocycles. The van der Waals surface area contributed by atoms with Crippen LogP contribution in [0.1, 0.15) is 25.2 Å². The molecule has 1 N–H and O–H groups in total. The van der Waals surface area contributed by atoms with Gasteiger partial charge in [0.2, 0.25) is 0 Å². The van der Waals surface area contributed by atoms with Gasteiger partial charge < -0.3 is 5.32 Å². The number of nitrogens with zero attached hydrogens (tertiary/aromatic N) is 4. The Morgan fingerprint density at radius 2 is 2.06 bits per heavy atom. The van der Waals surface area contributed by atoms with Crippen LogP contribution in [0.25, 0.3) is 5.82 Å². The topological polar surface area (TPSA) is 55.6 Å². The molecule has 2 aromatic rings. The summed E-state index contributed by atoms with van der Waals surface area (Å²) in [5.41, 5.74) is 1.12. The Labute approximate surface area is 101 Å². The third-order valence-corrected chi connectivity index (χ3v) is 2.67. The Morgan fingerprint density at radius 1 is 1.24 bits per heavy atom. The Kier molecular flexibility index (Phi) is 3.37. The van der Waals surface area contributed by atoms with E-state index in [9.17, 15) is 0 Å². The first kappa shape index (κ1) is 11.6. The summed E-state index contributed by atoms with van der Waals surface area (Å²) in [5, 5.41) is 3.26. The lowest BCUT2D eigenvalue weighted by Gasteiger charge is -2.13. The average Bonchev–Trinajstić information content (AvgIpc) is 2.75. The van der Waals surface area contributed by atoms with Gasteiger partial charge in [-0.25, -0.2) is 15.0 Å². The van der Waals surface area contributed by atoms with Crippen molar-refractivity contribution in [2.45, 2.75) is 27.2 Å². The van der Waals surface area contributed by atoms with Gasteiger partial charge >= 0.3 is 0 Å². The van der Waals surface area contributed by atoms with Crippen molar-refractivity contribution < 1.29 is 0 Å². The lowest BCUT2D eigenvalue weighted by molar-refractivity contribution is 0.885. The summed E-state index contributed by atoms with van der Waals surface area (Å²) in [4.78, 5) is 12.9. The maximum atomic E-state index is 4.37. The summed E-state index contributed by atoms with van der Waals surface area (Å²) >= 11 is 0. The highest BCUT2D eigenvalue weighted by molar-refractivity contribution is 5.52. The van der Waals surface area contributed by atoms with Crippen LogP contribution in [0.3, 0.4) is 0 Å². The van der Waals surface area contributed by atoms with Gasteiger partial charge in [0.05, 0.1) is 0 Å². The van der Waals surface area contributed by atoms with E-state index in [0.29, 0.717) is 0 Å². The van der Waals surface area contributed by atoms with Crippen LogP contribution in [0, 0.1) is 6.92 Å². The second kappa shape index (κ2) is 4.95. The van der Waals surface area contributed by atoms with Crippen molar-refractivity contribution in [1.29, 1.82) is 0 Å². The summed E-state index contributed by atoms with van der Waals surface area (Å²) in [6.45, 7) is 6.99. The standard InChI is InChI=1S/C12H17N5/c1-4-10-11(13-5-2)15-8-16-12(10)17-7-6-14-9(17)3/h6-8H,4-5H2,1-3H3,(H,13,15,16). The van der Waals surface area contributed by atoms with Gasteiger partial charge in [-0.1, -0.05) is 6.92 Å². The van der Waals surface area contributed by atoms with Gasteiger partial charge in [-0.3, -0.25) is 4.57 Å². The number of aromatic nitrogens is 4. The molecule has 0 spiro atoms. The molecule has 2 rings (SSSR count). The lowest BCUT2D eigenvalue weighted by Crippen LogP contribution is -2.09. The summed E-state index contributed by atoms with van der Waals surface area (Å²) in [6.07, 6.45) is 6.18. The predicted octanol–water partition coefficient (Wildman–Crippen LogP) is 1.96. The van der Waals surface area contributed by atoms with Gasteiger partial charge in [-0.2, -0.15) is 0 Å². The van der Waals surface area contributed by atoms with Crippen LogP contribution < -0.4 is 5.32 Å². The maximum Gasteiger partial charge on any atom is 0.146 e. The molecule has 0 aromatic carbocycles. The molecule has 2 heterocycles. The van der Waals surface area contributed by atoms with E-state index < -0.39 is 0 Å². The maximum absolute atomic E-state index is 4.37. The summed E-state index contributed by atoms with van der Waals surface area (Å²) in [5.74, 6) is 2.75. The van der Waals surface area contributed by atoms with Crippen LogP contribution in [-0.2, 0) is 6.42 Å². The fourth-order valence-corrected chi connectivity index (χ4v) is 1.86. The van der Waals surface area contributed by atoms with Gasteiger partial charge in [0, 0.05) is 24.5 Å². The Bertz CT molecular complexity index is 503. The van der Waals surface area contributed by atoms with E-state index >= 15 is 0 Å². The van der Waals surface area contributed by atoms with Gasteiger partial charge in [0.15, 0.2) is 0 Å². The molecule has 0 aliphatic rings. The van der Waals surface area contributed by atoms with Crippen LogP contribution >= 0.6 is 0 Å². The molecule has 5 heteroatoms. The number of hydrogen-bond donors (Lipinski definition) is 1. The lowest BCUT2D eigenvalue weighted by atomic mass is 10.2. The Morgan fingerprint density at radius 3 is 2.65 bits per heavy atom. The largest absolute Gasteiger partial charge is 0.370 e. The average molecular weight is 231 g/mol. The smallest absolute Gasteiger partial charge is 0.146 e. The monoisotopic (exact) mass is 231 g/mol. The zero-order valence-electron chi connectivity index (χ0n) is 10.4. The first-order valence-electron chi connectivity index (χ1n) is 5.86. The SMILES string of the molecule is CCNc1ncnc(-n2ccnc2C)c1CC. The van der Waals surface area contributed by atoms with Crippen molar-refractivity contribution in [1.82, 2.24) is 19.5 Å².